The Bertz CT molecular complexity index is 1170. The van der Waals surface area contributed by atoms with Gasteiger partial charge in [0.05, 0.1) is 11.1 Å². The van der Waals surface area contributed by atoms with Crippen LogP contribution in [0.1, 0.15) is 74.1 Å². The molecule has 2 N–H and O–H groups in total. The van der Waals surface area contributed by atoms with Crippen LogP contribution in [0.3, 0.4) is 0 Å². The Morgan fingerprint density at radius 2 is 1.86 bits per heavy atom. The van der Waals surface area contributed by atoms with Crippen LogP contribution in [-0.2, 0) is 14.3 Å². The van der Waals surface area contributed by atoms with Crippen molar-refractivity contribution in [1.29, 1.82) is 0 Å². The van der Waals surface area contributed by atoms with Crippen LogP contribution in [0.4, 0.5) is 10.5 Å². The molecule has 1 aliphatic carbocycles. The van der Waals surface area contributed by atoms with Gasteiger partial charge in [-0.1, -0.05) is 13.0 Å². The molecule has 5 amide bonds. The van der Waals surface area contributed by atoms with E-state index in [0.717, 1.165) is 30.8 Å². The number of likely N-dealkylation sites (tertiary alicyclic amines) is 1. The van der Waals surface area contributed by atoms with Crippen molar-refractivity contribution in [3.63, 3.8) is 0 Å². The van der Waals surface area contributed by atoms with E-state index in [1.54, 1.807) is 23.1 Å². The first kappa shape index (κ1) is 25.2. The third kappa shape index (κ3) is 4.57. The SMILES string of the molecule is C[C@H](CNc1cccc2c1C(=O)N(C1CCC(=O)NC1=O)C2=O)C1CC2(C1)CN(C(=O)OC(C)(C)C)C2. The maximum atomic E-state index is 13.3. The number of nitrogens with zero attached hydrogens (tertiary/aromatic N) is 2. The molecular formula is C27H34N4O6. The monoisotopic (exact) mass is 510 g/mol. The average Bonchev–Trinajstić information content (AvgIpc) is 3.00. The third-order valence-electron chi connectivity index (χ3n) is 7.98. The standard InChI is InChI=1S/C27H34N4O6/c1-15(16-10-27(11-16)13-30(14-27)25(36)37-26(2,3)4)12-28-18-7-5-6-17-21(18)24(35)31(23(17)34)19-8-9-20(32)29-22(19)33/h5-7,15-16,19,28H,8-14H2,1-4H3,(H,29,32,33)/t15-,19?/m1/s1. The number of imide groups is 2. The highest BCUT2D eigenvalue weighted by molar-refractivity contribution is 6.25. The molecule has 3 heterocycles. The normalized spacial score (nSPS) is 23.8. The van der Waals surface area contributed by atoms with Crippen molar-refractivity contribution in [1.82, 2.24) is 15.1 Å². The predicted molar refractivity (Wildman–Crippen MR) is 134 cm³/mol. The van der Waals surface area contributed by atoms with Gasteiger partial charge in [0.2, 0.25) is 11.8 Å². The molecule has 0 radical (unpaired) electrons. The number of hydrogen-bond donors (Lipinski definition) is 2. The van der Waals surface area contributed by atoms with E-state index in [4.69, 9.17) is 4.74 Å². The molecule has 3 fully saturated rings. The summed E-state index contributed by atoms with van der Waals surface area (Å²) < 4.78 is 5.46. The molecule has 2 atom stereocenters. The molecule has 10 heteroatoms. The molecule has 10 nitrogen and oxygen atoms in total. The smallest absolute Gasteiger partial charge is 0.410 e. The summed E-state index contributed by atoms with van der Waals surface area (Å²) >= 11 is 0. The zero-order valence-electron chi connectivity index (χ0n) is 21.8. The Morgan fingerprint density at radius 3 is 2.51 bits per heavy atom. The number of nitrogens with one attached hydrogen (secondary N) is 2. The maximum absolute atomic E-state index is 13.3. The van der Waals surface area contributed by atoms with Crippen molar-refractivity contribution in [2.75, 3.05) is 25.0 Å². The van der Waals surface area contributed by atoms with Gasteiger partial charge in [-0.3, -0.25) is 29.4 Å². The molecule has 198 valence electrons. The number of piperidine rings is 1. The van der Waals surface area contributed by atoms with Gasteiger partial charge in [-0.2, -0.15) is 0 Å². The first-order valence-corrected chi connectivity index (χ1v) is 12.9. The first-order chi connectivity index (χ1) is 17.4. The van der Waals surface area contributed by atoms with Gasteiger partial charge in [-0.25, -0.2) is 4.79 Å². The minimum atomic E-state index is -0.981. The van der Waals surface area contributed by atoms with Crippen LogP contribution in [0.2, 0.25) is 0 Å². The second-order valence-corrected chi connectivity index (χ2v) is 12.0. The second kappa shape index (κ2) is 8.85. The van der Waals surface area contributed by atoms with E-state index in [1.807, 2.05) is 20.8 Å². The molecule has 37 heavy (non-hydrogen) atoms. The molecule has 1 aromatic rings. The number of fused-ring (bicyclic) bond motifs is 1. The fourth-order valence-electron chi connectivity index (χ4n) is 6.03. The van der Waals surface area contributed by atoms with E-state index in [2.05, 4.69) is 17.6 Å². The molecule has 0 aromatic heterocycles. The van der Waals surface area contributed by atoms with Crippen molar-refractivity contribution in [3.05, 3.63) is 29.3 Å². The van der Waals surface area contributed by atoms with E-state index >= 15 is 0 Å². The Hall–Kier alpha value is -3.43. The molecule has 3 aliphatic heterocycles. The molecule has 2 saturated heterocycles. The number of carbonyl (C=O) groups is 5. The van der Waals surface area contributed by atoms with Crippen LogP contribution in [0.5, 0.6) is 0 Å². The van der Waals surface area contributed by atoms with Gasteiger partial charge in [0.1, 0.15) is 11.6 Å². The van der Waals surface area contributed by atoms with E-state index in [1.165, 1.54) is 0 Å². The van der Waals surface area contributed by atoms with Crippen LogP contribution in [0, 0.1) is 17.3 Å². The largest absolute Gasteiger partial charge is 0.444 e. The molecule has 1 spiro atoms. The summed E-state index contributed by atoms with van der Waals surface area (Å²) in [5, 5.41) is 5.58. The van der Waals surface area contributed by atoms with Crippen molar-refractivity contribution in [3.8, 4) is 0 Å². The highest BCUT2D eigenvalue weighted by Crippen LogP contribution is 2.54. The number of anilines is 1. The Morgan fingerprint density at radius 1 is 1.16 bits per heavy atom. The molecule has 1 saturated carbocycles. The van der Waals surface area contributed by atoms with Crippen LogP contribution in [0.25, 0.3) is 0 Å². The minimum absolute atomic E-state index is 0.0881. The third-order valence-corrected chi connectivity index (χ3v) is 7.98. The lowest BCUT2D eigenvalue weighted by atomic mass is 9.55. The van der Waals surface area contributed by atoms with E-state index in [-0.39, 0.29) is 35.5 Å². The minimum Gasteiger partial charge on any atom is -0.444 e. The van der Waals surface area contributed by atoms with Gasteiger partial charge in [0.25, 0.3) is 11.8 Å². The lowest BCUT2D eigenvalue weighted by Gasteiger charge is -2.60. The molecule has 1 aromatic carbocycles. The van der Waals surface area contributed by atoms with Crippen molar-refractivity contribution >= 4 is 35.4 Å². The van der Waals surface area contributed by atoms with Crippen LogP contribution >= 0.6 is 0 Å². The van der Waals surface area contributed by atoms with Crippen molar-refractivity contribution < 1.29 is 28.7 Å². The summed E-state index contributed by atoms with van der Waals surface area (Å²) in [6, 6.07) is 4.12. The number of rotatable bonds is 5. The van der Waals surface area contributed by atoms with Gasteiger partial charge in [-0.15, -0.1) is 0 Å². The lowest BCUT2D eigenvalue weighted by Crippen LogP contribution is -2.65. The highest BCUT2D eigenvalue weighted by atomic mass is 16.6. The quantitative estimate of drug-likeness (QED) is 0.584. The lowest BCUT2D eigenvalue weighted by molar-refractivity contribution is -0.136. The average molecular weight is 511 g/mol. The molecular weight excluding hydrogens is 476 g/mol. The Balaban J connectivity index is 1.17. The molecule has 4 aliphatic rings. The Labute approximate surface area is 216 Å². The van der Waals surface area contributed by atoms with Gasteiger partial charge in [0, 0.05) is 37.2 Å². The number of hydrogen-bond acceptors (Lipinski definition) is 7. The van der Waals surface area contributed by atoms with Gasteiger partial charge in [-0.05, 0) is 64.0 Å². The van der Waals surface area contributed by atoms with E-state index < -0.39 is 35.3 Å². The zero-order valence-corrected chi connectivity index (χ0v) is 21.8. The summed E-state index contributed by atoms with van der Waals surface area (Å²) in [4.78, 5) is 65.1. The first-order valence-electron chi connectivity index (χ1n) is 12.9. The summed E-state index contributed by atoms with van der Waals surface area (Å²) in [6.45, 7) is 9.87. The molecule has 1 unspecified atom stereocenters. The number of carbonyl (C=O) groups excluding carboxylic acids is 5. The van der Waals surface area contributed by atoms with Crippen LogP contribution < -0.4 is 10.6 Å². The molecule has 0 bridgehead atoms. The second-order valence-electron chi connectivity index (χ2n) is 12.0. The van der Waals surface area contributed by atoms with Gasteiger partial charge in [0.15, 0.2) is 0 Å². The fourth-order valence-corrected chi connectivity index (χ4v) is 6.03. The fraction of sp³-hybridized carbons (Fsp3) is 0.593. The zero-order chi connectivity index (χ0) is 26.7. The van der Waals surface area contributed by atoms with Crippen LogP contribution in [-0.4, -0.2) is 70.8 Å². The predicted octanol–water partition coefficient (Wildman–Crippen LogP) is 2.78. The topological polar surface area (TPSA) is 125 Å². The van der Waals surface area contributed by atoms with Crippen molar-refractivity contribution in [2.24, 2.45) is 17.3 Å². The number of benzene rings is 1. The summed E-state index contributed by atoms with van der Waals surface area (Å²) in [6.07, 6.45) is 2.06. The highest BCUT2D eigenvalue weighted by Gasteiger charge is 2.55. The van der Waals surface area contributed by atoms with Crippen LogP contribution in [0.15, 0.2) is 18.2 Å². The number of ether oxygens (including phenoxy) is 1. The Kier molecular flexibility index (Phi) is 6.03. The summed E-state index contributed by atoms with van der Waals surface area (Å²) in [7, 11) is 0. The molecule has 5 rings (SSSR count). The van der Waals surface area contributed by atoms with E-state index in [9.17, 15) is 24.0 Å². The van der Waals surface area contributed by atoms with E-state index in [0.29, 0.717) is 24.1 Å². The summed E-state index contributed by atoms with van der Waals surface area (Å²) in [5.41, 5.74) is 0.818. The number of amides is 5. The maximum Gasteiger partial charge on any atom is 0.410 e. The summed E-state index contributed by atoms with van der Waals surface area (Å²) in [5.74, 6) is -1.20. The van der Waals surface area contributed by atoms with Gasteiger partial charge < -0.3 is 15.0 Å². The van der Waals surface area contributed by atoms with Crippen molar-refractivity contribution in [2.45, 2.75) is 65.0 Å². The van der Waals surface area contributed by atoms with Gasteiger partial charge >= 0.3 is 6.09 Å².